The van der Waals surface area contributed by atoms with Gasteiger partial charge in [-0.3, -0.25) is 4.79 Å². The Hall–Kier alpha value is -0.650. The van der Waals surface area contributed by atoms with Crippen molar-refractivity contribution in [3.63, 3.8) is 0 Å². The zero-order chi connectivity index (χ0) is 13.7. The number of hydrogen-bond donors (Lipinski definition) is 1. The molecule has 2 atom stereocenters. The Morgan fingerprint density at radius 3 is 2.52 bits per heavy atom. The lowest BCUT2D eigenvalue weighted by Crippen LogP contribution is -2.42. The van der Waals surface area contributed by atoms with Gasteiger partial charge < -0.3 is 10.6 Å². The molecule has 3 heterocycles. The van der Waals surface area contributed by atoms with Gasteiger partial charge in [-0.15, -0.1) is 23.7 Å². The summed E-state index contributed by atoms with van der Waals surface area (Å²) in [4.78, 5) is 19.3. The SMILES string of the molecule is Cl.NCc1nc(C(=O)N2CC3CC4CC(C3)CC2C4)cs1. The molecule has 0 spiro atoms. The topological polar surface area (TPSA) is 59.2 Å². The molecule has 4 bridgehead atoms. The second kappa shape index (κ2) is 5.86. The molecule has 1 aromatic rings. The zero-order valence-electron chi connectivity index (χ0n) is 12.0. The molecule has 0 aromatic carbocycles. The van der Waals surface area contributed by atoms with Gasteiger partial charge in [-0.05, 0) is 49.9 Å². The van der Waals surface area contributed by atoms with Gasteiger partial charge in [0.1, 0.15) is 10.7 Å². The highest BCUT2D eigenvalue weighted by Crippen LogP contribution is 2.47. The summed E-state index contributed by atoms with van der Waals surface area (Å²) >= 11 is 1.50. The number of fused-ring (bicyclic) bond motifs is 1. The van der Waals surface area contributed by atoms with Crippen LogP contribution in [0.3, 0.4) is 0 Å². The molecule has 5 rings (SSSR count). The van der Waals surface area contributed by atoms with E-state index in [4.69, 9.17) is 5.73 Å². The fourth-order valence-electron chi connectivity index (χ4n) is 4.68. The summed E-state index contributed by atoms with van der Waals surface area (Å²) in [5.41, 5.74) is 6.21. The van der Waals surface area contributed by atoms with Gasteiger partial charge in [0.15, 0.2) is 0 Å². The summed E-state index contributed by atoms with van der Waals surface area (Å²) in [6, 6.07) is 0.460. The van der Waals surface area contributed by atoms with E-state index in [0.717, 1.165) is 29.3 Å². The van der Waals surface area contributed by atoms with E-state index in [2.05, 4.69) is 9.88 Å². The maximum absolute atomic E-state index is 12.8. The van der Waals surface area contributed by atoms with Crippen molar-refractivity contribution in [2.75, 3.05) is 6.54 Å². The molecule has 2 unspecified atom stereocenters. The van der Waals surface area contributed by atoms with Crippen LogP contribution in [0.2, 0.25) is 0 Å². The predicted octanol–water partition coefficient (Wildman–Crippen LogP) is 2.67. The first-order valence-electron chi connectivity index (χ1n) is 7.68. The minimum atomic E-state index is 0. The lowest BCUT2D eigenvalue weighted by Gasteiger charge is -2.38. The molecule has 2 N–H and O–H groups in total. The number of aromatic nitrogens is 1. The van der Waals surface area contributed by atoms with E-state index in [1.165, 1.54) is 43.4 Å². The van der Waals surface area contributed by atoms with Crippen molar-refractivity contribution in [2.24, 2.45) is 23.5 Å². The number of carbonyl (C=O) groups is 1. The van der Waals surface area contributed by atoms with Crippen molar-refractivity contribution in [2.45, 2.75) is 44.7 Å². The van der Waals surface area contributed by atoms with Crippen molar-refractivity contribution < 1.29 is 4.79 Å². The molecule has 4 fully saturated rings. The fourth-order valence-corrected chi connectivity index (χ4v) is 5.33. The largest absolute Gasteiger partial charge is 0.334 e. The van der Waals surface area contributed by atoms with Crippen LogP contribution in [0.1, 0.15) is 47.6 Å². The van der Waals surface area contributed by atoms with E-state index >= 15 is 0 Å². The van der Waals surface area contributed by atoms with Crippen molar-refractivity contribution in [1.82, 2.24) is 9.88 Å². The molecule has 2 aliphatic carbocycles. The van der Waals surface area contributed by atoms with E-state index in [1.54, 1.807) is 0 Å². The first kappa shape index (κ1) is 15.3. The molecule has 0 radical (unpaired) electrons. The van der Waals surface area contributed by atoms with Crippen LogP contribution in [0, 0.1) is 17.8 Å². The third kappa shape index (κ3) is 2.71. The summed E-state index contributed by atoms with van der Waals surface area (Å²) in [5, 5.41) is 2.73. The highest BCUT2D eigenvalue weighted by Gasteiger charge is 2.44. The van der Waals surface area contributed by atoms with Crippen LogP contribution in [-0.2, 0) is 6.54 Å². The van der Waals surface area contributed by atoms with Crippen LogP contribution in [0.5, 0.6) is 0 Å². The Kier molecular flexibility index (Phi) is 4.26. The molecule has 2 aliphatic heterocycles. The zero-order valence-corrected chi connectivity index (χ0v) is 13.7. The van der Waals surface area contributed by atoms with E-state index < -0.39 is 0 Å². The Balaban J connectivity index is 0.00000132. The monoisotopic (exact) mass is 327 g/mol. The third-order valence-electron chi connectivity index (χ3n) is 5.31. The first-order chi connectivity index (χ1) is 9.72. The van der Waals surface area contributed by atoms with Crippen LogP contribution < -0.4 is 5.73 Å². The van der Waals surface area contributed by atoms with E-state index in [1.807, 2.05) is 5.38 Å². The van der Waals surface area contributed by atoms with Crippen molar-refractivity contribution in [3.8, 4) is 0 Å². The number of amides is 1. The molecule has 1 amide bonds. The number of halogens is 1. The number of carbonyl (C=O) groups excluding carboxylic acids is 1. The lowest BCUT2D eigenvalue weighted by atomic mass is 9.68. The quantitative estimate of drug-likeness (QED) is 0.908. The van der Waals surface area contributed by atoms with Crippen LogP contribution in [0.4, 0.5) is 0 Å². The molecule has 21 heavy (non-hydrogen) atoms. The normalized spacial score (nSPS) is 33.7. The highest BCUT2D eigenvalue weighted by molar-refractivity contribution is 7.09. The fraction of sp³-hybridized carbons (Fsp3) is 0.733. The highest BCUT2D eigenvalue weighted by atomic mass is 35.5. The average Bonchev–Trinajstić information content (AvgIpc) is 2.83. The van der Waals surface area contributed by atoms with Gasteiger partial charge in [-0.1, -0.05) is 0 Å². The van der Waals surface area contributed by atoms with E-state index in [0.29, 0.717) is 18.3 Å². The van der Waals surface area contributed by atoms with Gasteiger partial charge >= 0.3 is 0 Å². The number of nitrogens with zero attached hydrogens (tertiary/aromatic N) is 2. The molecule has 116 valence electrons. The number of thiazole rings is 1. The maximum Gasteiger partial charge on any atom is 0.273 e. The lowest BCUT2D eigenvalue weighted by molar-refractivity contribution is 0.0627. The van der Waals surface area contributed by atoms with Crippen molar-refractivity contribution in [3.05, 3.63) is 16.1 Å². The van der Waals surface area contributed by atoms with Gasteiger partial charge in [-0.2, -0.15) is 0 Å². The smallest absolute Gasteiger partial charge is 0.273 e. The predicted molar refractivity (Wildman–Crippen MR) is 85.6 cm³/mol. The summed E-state index contributed by atoms with van der Waals surface area (Å²) in [6.07, 6.45) is 6.51. The number of hydrogen-bond acceptors (Lipinski definition) is 4. The van der Waals surface area contributed by atoms with Gasteiger partial charge in [0, 0.05) is 24.5 Å². The summed E-state index contributed by atoms with van der Waals surface area (Å²) in [7, 11) is 0. The third-order valence-corrected chi connectivity index (χ3v) is 6.18. The Labute approximate surface area is 135 Å². The minimum absolute atomic E-state index is 0. The van der Waals surface area contributed by atoms with E-state index in [9.17, 15) is 4.79 Å². The molecule has 4 nitrogen and oxygen atoms in total. The molecule has 2 saturated carbocycles. The second-order valence-corrected chi connectivity index (χ2v) is 7.66. The van der Waals surface area contributed by atoms with Gasteiger partial charge in [0.05, 0.1) is 0 Å². The van der Waals surface area contributed by atoms with Crippen LogP contribution in [0.25, 0.3) is 0 Å². The summed E-state index contributed by atoms with van der Waals surface area (Å²) in [6.45, 7) is 1.38. The summed E-state index contributed by atoms with van der Waals surface area (Å²) in [5.74, 6) is 2.60. The Morgan fingerprint density at radius 1 is 1.24 bits per heavy atom. The van der Waals surface area contributed by atoms with E-state index in [-0.39, 0.29) is 18.3 Å². The molecular formula is C15H22ClN3OS. The average molecular weight is 328 g/mol. The molecule has 4 aliphatic rings. The van der Waals surface area contributed by atoms with Gasteiger partial charge in [-0.25, -0.2) is 4.98 Å². The van der Waals surface area contributed by atoms with Crippen LogP contribution in [-0.4, -0.2) is 28.4 Å². The standard InChI is InChI=1S/C15H21N3OS.ClH/c16-6-14-17-13(8-20-14)15(19)18-7-11-2-9-1-10(3-11)5-12(18)4-9;/h8-12H,1-7,16H2;1H. The summed E-state index contributed by atoms with van der Waals surface area (Å²) < 4.78 is 0. The molecular weight excluding hydrogens is 306 g/mol. The van der Waals surface area contributed by atoms with Gasteiger partial charge in [0.2, 0.25) is 0 Å². The molecule has 1 aromatic heterocycles. The maximum atomic E-state index is 12.8. The van der Waals surface area contributed by atoms with Crippen LogP contribution in [0.15, 0.2) is 5.38 Å². The van der Waals surface area contributed by atoms with Crippen molar-refractivity contribution in [1.29, 1.82) is 0 Å². The Morgan fingerprint density at radius 2 is 1.90 bits per heavy atom. The Bertz CT molecular complexity index is 521. The van der Waals surface area contributed by atoms with Gasteiger partial charge in [0.25, 0.3) is 5.91 Å². The minimum Gasteiger partial charge on any atom is -0.334 e. The number of rotatable bonds is 2. The molecule has 6 heteroatoms. The molecule has 2 saturated heterocycles. The van der Waals surface area contributed by atoms with Crippen LogP contribution >= 0.6 is 23.7 Å². The second-order valence-electron chi connectivity index (χ2n) is 6.72. The van der Waals surface area contributed by atoms with Crippen molar-refractivity contribution >= 4 is 29.7 Å². The first-order valence-corrected chi connectivity index (χ1v) is 8.56. The number of nitrogens with two attached hydrogens (primary N) is 1.